The second-order valence-electron chi connectivity index (χ2n) is 6.93. The Morgan fingerprint density at radius 1 is 1.00 bits per heavy atom. The van der Waals surface area contributed by atoms with E-state index in [1.807, 2.05) is 6.92 Å². The topological polar surface area (TPSA) is 78.8 Å². The van der Waals surface area contributed by atoms with Gasteiger partial charge in [-0.3, -0.25) is 9.10 Å². The lowest BCUT2D eigenvalue weighted by molar-refractivity contribution is -0.119. The fourth-order valence-corrected chi connectivity index (χ4v) is 4.39. The van der Waals surface area contributed by atoms with Gasteiger partial charge >= 0.3 is 0 Å². The largest absolute Gasteiger partial charge is 0.271 e. The van der Waals surface area contributed by atoms with Gasteiger partial charge in [0.2, 0.25) is 0 Å². The number of aryl methyl sites for hydroxylation is 2. The molecule has 1 amide bonds. The predicted octanol–water partition coefficient (Wildman–Crippen LogP) is 3.79. The normalized spacial score (nSPS) is 11.5. The fourth-order valence-electron chi connectivity index (χ4n) is 2.90. The second-order valence-corrected chi connectivity index (χ2v) is 8.79. The highest BCUT2D eigenvalue weighted by Crippen LogP contribution is 2.26. The first-order valence-corrected chi connectivity index (χ1v) is 10.9. The Kier molecular flexibility index (Phi) is 6.81. The van der Waals surface area contributed by atoms with Gasteiger partial charge in [0.15, 0.2) is 0 Å². The molecule has 0 aliphatic carbocycles. The summed E-state index contributed by atoms with van der Waals surface area (Å²) in [5, 5.41) is 3.75. The fraction of sp³-hybridized carbons (Fsp3) is 0.130. The van der Waals surface area contributed by atoms with E-state index in [0.717, 1.165) is 9.87 Å². The van der Waals surface area contributed by atoms with Crippen molar-refractivity contribution in [3.63, 3.8) is 0 Å². The average molecular weight is 440 g/mol. The number of para-hydroxylation sites is 1. The molecule has 0 fully saturated rings. The summed E-state index contributed by atoms with van der Waals surface area (Å²) in [5.74, 6) is -1.14. The van der Waals surface area contributed by atoms with Gasteiger partial charge in [0.25, 0.3) is 15.9 Å². The minimum atomic E-state index is -4.01. The van der Waals surface area contributed by atoms with Crippen molar-refractivity contribution >= 4 is 27.8 Å². The number of nitrogens with one attached hydrogen (secondary N) is 1. The number of amides is 1. The number of carbonyl (C=O) groups excluding carboxylic acids is 1. The zero-order valence-electron chi connectivity index (χ0n) is 17.1. The van der Waals surface area contributed by atoms with Crippen LogP contribution in [0.1, 0.15) is 16.7 Å². The molecule has 3 rings (SSSR count). The third-order valence-electron chi connectivity index (χ3n) is 4.58. The summed E-state index contributed by atoms with van der Waals surface area (Å²) in [6.45, 7) is 3.13. The van der Waals surface area contributed by atoms with Crippen LogP contribution >= 0.6 is 0 Å². The summed E-state index contributed by atoms with van der Waals surface area (Å²) < 4.78 is 41.4. The summed E-state index contributed by atoms with van der Waals surface area (Å²) in [4.78, 5) is 12.6. The number of halogens is 1. The van der Waals surface area contributed by atoms with Gasteiger partial charge in [0.1, 0.15) is 12.4 Å². The lowest BCUT2D eigenvalue weighted by Crippen LogP contribution is -2.40. The van der Waals surface area contributed by atoms with Crippen LogP contribution in [0.2, 0.25) is 0 Å². The predicted molar refractivity (Wildman–Crippen MR) is 119 cm³/mol. The van der Waals surface area contributed by atoms with E-state index >= 15 is 0 Å². The zero-order chi connectivity index (χ0) is 22.4. The van der Waals surface area contributed by atoms with Crippen molar-refractivity contribution in [2.24, 2.45) is 5.10 Å². The Hall–Kier alpha value is -3.52. The van der Waals surface area contributed by atoms with E-state index in [9.17, 15) is 17.6 Å². The molecule has 8 heteroatoms. The van der Waals surface area contributed by atoms with E-state index in [2.05, 4.69) is 10.5 Å². The standard InChI is InChI=1S/C23H22FN3O3S/c1-17-11-13-20(14-12-17)31(29,30)27(22-10-6-3-7-18(22)2)16-23(28)26-25-15-19-8-4-5-9-21(19)24/h3-15H,16H2,1-2H3,(H,26,28). The van der Waals surface area contributed by atoms with E-state index in [0.29, 0.717) is 11.3 Å². The van der Waals surface area contributed by atoms with Crippen LogP contribution in [0.15, 0.2) is 82.8 Å². The number of rotatable bonds is 7. The lowest BCUT2D eigenvalue weighted by atomic mass is 10.2. The first kappa shape index (κ1) is 22.2. The van der Waals surface area contributed by atoms with Crippen LogP contribution in [0, 0.1) is 19.7 Å². The average Bonchev–Trinajstić information content (AvgIpc) is 2.74. The minimum absolute atomic E-state index is 0.0732. The molecule has 0 saturated heterocycles. The summed E-state index contributed by atoms with van der Waals surface area (Å²) in [7, 11) is -4.01. The number of hydrogen-bond acceptors (Lipinski definition) is 4. The number of nitrogens with zero attached hydrogens (tertiary/aromatic N) is 2. The number of anilines is 1. The van der Waals surface area contributed by atoms with Gasteiger partial charge in [-0.2, -0.15) is 5.10 Å². The van der Waals surface area contributed by atoms with Crippen molar-refractivity contribution in [1.29, 1.82) is 0 Å². The number of benzene rings is 3. The van der Waals surface area contributed by atoms with Crippen LogP contribution in [-0.2, 0) is 14.8 Å². The van der Waals surface area contributed by atoms with Gasteiger partial charge in [-0.25, -0.2) is 18.2 Å². The van der Waals surface area contributed by atoms with Crippen LogP contribution in [0.4, 0.5) is 10.1 Å². The second kappa shape index (κ2) is 9.53. The lowest BCUT2D eigenvalue weighted by Gasteiger charge is -2.25. The molecule has 0 aromatic heterocycles. The molecule has 0 aliphatic heterocycles. The van der Waals surface area contributed by atoms with Gasteiger partial charge in [-0.05, 0) is 43.7 Å². The van der Waals surface area contributed by atoms with Crippen molar-refractivity contribution in [3.05, 3.63) is 95.3 Å². The first-order chi connectivity index (χ1) is 14.8. The SMILES string of the molecule is Cc1ccc(S(=O)(=O)N(CC(=O)NN=Cc2ccccc2F)c2ccccc2C)cc1. The third kappa shape index (κ3) is 5.35. The summed E-state index contributed by atoms with van der Waals surface area (Å²) in [5.41, 5.74) is 4.47. The van der Waals surface area contributed by atoms with Gasteiger partial charge < -0.3 is 0 Å². The Labute approximate surface area is 181 Å². The molecule has 0 bridgehead atoms. The number of carbonyl (C=O) groups is 1. The van der Waals surface area contributed by atoms with Gasteiger partial charge in [-0.1, -0.05) is 54.1 Å². The molecule has 0 unspecified atom stereocenters. The highest BCUT2D eigenvalue weighted by Gasteiger charge is 2.28. The number of sulfonamides is 1. The van der Waals surface area contributed by atoms with Crippen molar-refractivity contribution in [2.75, 3.05) is 10.8 Å². The highest BCUT2D eigenvalue weighted by atomic mass is 32.2. The number of hydrogen-bond donors (Lipinski definition) is 1. The molecule has 0 radical (unpaired) electrons. The summed E-state index contributed by atoms with van der Waals surface area (Å²) in [6, 6.07) is 19.3. The van der Waals surface area contributed by atoms with E-state index in [-0.39, 0.29) is 10.5 Å². The van der Waals surface area contributed by atoms with Gasteiger partial charge in [0, 0.05) is 5.56 Å². The molecular weight excluding hydrogens is 417 g/mol. The van der Waals surface area contributed by atoms with Crippen LogP contribution in [0.3, 0.4) is 0 Å². The van der Waals surface area contributed by atoms with Crippen molar-refractivity contribution in [3.8, 4) is 0 Å². The molecule has 6 nitrogen and oxygen atoms in total. The zero-order valence-corrected chi connectivity index (χ0v) is 17.9. The highest BCUT2D eigenvalue weighted by molar-refractivity contribution is 7.92. The van der Waals surface area contributed by atoms with E-state index in [1.165, 1.54) is 30.5 Å². The Balaban J connectivity index is 1.87. The molecule has 3 aromatic rings. The molecular formula is C23H22FN3O3S. The molecule has 0 atom stereocenters. The third-order valence-corrected chi connectivity index (χ3v) is 6.35. The van der Waals surface area contributed by atoms with Crippen molar-refractivity contribution in [2.45, 2.75) is 18.7 Å². The van der Waals surface area contributed by atoms with Crippen molar-refractivity contribution in [1.82, 2.24) is 5.43 Å². The van der Waals surface area contributed by atoms with Crippen LogP contribution in [0.25, 0.3) is 0 Å². The maximum Gasteiger partial charge on any atom is 0.264 e. The Morgan fingerprint density at radius 2 is 1.65 bits per heavy atom. The van der Waals surface area contributed by atoms with Gasteiger partial charge in [0.05, 0.1) is 16.8 Å². The molecule has 31 heavy (non-hydrogen) atoms. The van der Waals surface area contributed by atoms with Gasteiger partial charge in [-0.15, -0.1) is 0 Å². The quantitative estimate of drug-likeness (QED) is 0.449. The Bertz CT molecular complexity index is 1210. The molecule has 1 N–H and O–H groups in total. The smallest absolute Gasteiger partial charge is 0.264 e. The number of hydrazone groups is 1. The van der Waals surface area contributed by atoms with E-state index in [1.54, 1.807) is 55.5 Å². The van der Waals surface area contributed by atoms with Crippen LogP contribution in [-0.4, -0.2) is 27.1 Å². The maximum atomic E-state index is 13.7. The monoisotopic (exact) mass is 439 g/mol. The summed E-state index contributed by atoms with van der Waals surface area (Å²) in [6.07, 6.45) is 1.17. The van der Waals surface area contributed by atoms with E-state index in [4.69, 9.17) is 0 Å². The van der Waals surface area contributed by atoms with E-state index < -0.39 is 28.3 Å². The first-order valence-electron chi connectivity index (χ1n) is 9.50. The molecule has 0 saturated carbocycles. The van der Waals surface area contributed by atoms with Crippen LogP contribution in [0.5, 0.6) is 0 Å². The summed E-state index contributed by atoms with van der Waals surface area (Å²) >= 11 is 0. The molecule has 0 heterocycles. The minimum Gasteiger partial charge on any atom is -0.271 e. The molecule has 0 spiro atoms. The molecule has 160 valence electrons. The van der Waals surface area contributed by atoms with Crippen molar-refractivity contribution < 1.29 is 17.6 Å². The Morgan fingerprint density at radius 3 is 2.32 bits per heavy atom. The molecule has 0 aliphatic rings. The maximum absolute atomic E-state index is 13.7. The molecule has 3 aromatic carbocycles. The van der Waals surface area contributed by atoms with Crippen LogP contribution < -0.4 is 9.73 Å².